The zero-order valence-electron chi connectivity index (χ0n) is 20.8. The molecule has 0 aliphatic carbocycles. The van der Waals surface area contributed by atoms with Gasteiger partial charge in [0, 0.05) is 10.7 Å². The SMILES string of the molecule is COc1cc(/C=C2/SC(=O)N(CC(=O)Nc3cccc(C)c3C)C2=O)cc(Br)c1OCc1ccc(Cl)cc1. The van der Waals surface area contributed by atoms with Crippen molar-refractivity contribution in [3.63, 3.8) is 0 Å². The molecule has 1 heterocycles. The molecule has 7 nitrogen and oxygen atoms in total. The first kappa shape index (κ1) is 27.8. The van der Waals surface area contributed by atoms with Crippen LogP contribution in [0.5, 0.6) is 11.5 Å². The van der Waals surface area contributed by atoms with Gasteiger partial charge >= 0.3 is 0 Å². The number of aryl methyl sites for hydroxylation is 1. The molecule has 1 N–H and O–H groups in total. The highest BCUT2D eigenvalue weighted by molar-refractivity contribution is 9.10. The van der Waals surface area contributed by atoms with Gasteiger partial charge < -0.3 is 14.8 Å². The number of methoxy groups -OCH3 is 1. The largest absolute Gasteiger partial charge is 0.493 e. The zero-order chi connectivity index (χ0) is 27.4. The summed E-state index contributed by atoms with van der Waals surface area (Å²) < 4.78 is 12.1. The summed E-state index contributed by atoms with van der Waals surface area (Å²) in [4.78, 5) is 39.3. The maximum atomic E-state index is 13.0. The number of benzene rings is 3. The van der Waals surface area contributed by atoms with E-state index in [0.29, 0.717) is 38.9 Å². The van der Waals surface area contributed by atoms with Crippen LogP contribution in [0.15, 0.2) is 64.0 Å². The molecule has 1 aliphatic rings. The lowest BCUT2D eigenvalue weighted by Gasteiger charge is -2.14. The minimum atomic E-state index is -0.533. The number of nitrogens with one attached hydrogen (secondary N) is 1. The van der Waals surface area contributed by atoms with Crippen LogP contribution in [0.25, 0.3) is 6.08 Å². The van der Waals surface area contributed by atoms with Gasteiger partial charge in [-0.05, 0) is 100 Å². The summed E-state index contributed by atoms with van der Waals surface area (Å²) in [5.74, 6) is -0.0364. The number of amides is 3. The van der Waals surface area contributed by atoms with E-state index in [2.05, 4.69) is 21.2 Å². The summed E-state index contributed by atoms with van der Waals surface area (Å²) in [7, 11) is 1.52. The van der Waals surface area contributed by atoms with E-state index in [4.69, 9.17) is 21.1 Å². The molecule has 0 bridgehead atoms. The van der Waals surface area contributed by atoms with Gasteiger partial charge in [0.15, 0.2) is 11.5 Å². The lowest BCUT2D eigenvalue weighted by atomic mass is 10.1. The van der Waals surface area contributed by atoms with Crippen molar-refractivity contribution >= 4 is 68.1 Å². The molecule has 0 spiro atoms. The number of carbonyl (C=O) groups is 3. The Morgan fingerprint density at radius 3 is 2.58 bits per heavy atom. The predicted octanol–water partition coefficient (Wildman–Crippen LogP) is 6.98. The highest BCUT2D eigenvalue weighted by atomic mass is 79.9. The third-order valence-electron chi connectivity index (χ3n) is 5.90. The summed E-state index contributed by atoms with van der Waals surface area (Å²) in [6, 6.07) is 16.3. The number of rotatable bonds is 8. The van der Waals surface area contributed by atoms with E-state index in [0.717, 1.165) is 33.4 Å². The van der Waals surface area contributed by atoms with E-state index >= 15 is 0 Å². The molecule has 0 radical (unpaired) electrons. The summed E-state index contributed by atoms with van der Waals surface area (Å²) in [5.41, 5.74) is 4.16. The molecule has 1 fully saturated rings. The molecule has 0 atom stereocenters. The second-order valence-electron chi connectivity index (χ2n) is 8.51. The standard InChI is InChI=1S/C28H24BrClN2O5S/c1-16-5-4-6-22(17(16)2)31-25(33)14-32-27(34)24(38-28(32)35)13-19-11-21(29)26(23(12-19)36-3)37-15-18-7-9-20(30)10-8-18/h4-13H,14-15H2,1-3H3,(H,31,33)/b24-13+. The molecule has 1 aliphatic heterocycles. The van der Waals surface area contributed by atoms with Crippen LogP contribution in [0.3, 0.4) is 0 Å². The van der Waals surface area contributed by atoms with Crippen molar-refractivity contribution in [1.82, 2.24) is 4.90 Å². The fourth-order valence-corrected chi connectivity index (χ4v) is 5.25. The Kier molecular flexibility index (Phi) is 8.81. The Bertz CT molecular complexity index is 1440. The number of carbonyl (C=O) groups excluding carboxylic acids is 3. The number of halogens is 2. The van der Waals surface area contributed by atoms with E-state index < -0.39 is 17.1 Å². The number of imide groups is 1. The van der Waals surface area contributed by atoms with Crippen LogP contribution in [0, 0.1) is 13.8 Å². The minimum Gasteiger partial charge on any atom is -0.493 e. The Labute approximate surface area is 238 Å². The zero-order valence-corrected chi connectivity index (χ0v) is 24.0. The molecule has 1 saturated heterocycles. The number of thioether (sulfide) groups is 1. The molecule has 196 valence electrons. The fourth-order valence-electron chi connectivity index (χ4n) is 3.71. The van der Waals surface area contributed by atoms with E-state index in [9.17, 15) is 14.4 Å². The monoisotopic (exact) mass is 614 g/mol. The number of ether oxygens (including phenoxy) is 2. The smallest absolute Gasteiger partial charge is 0.294 e. The molecular formula is C28H24BrClN2O5S. The molecular weight excluding hydrogens is 592 g/mol. The van der Waals surface area contributed by atoms with Gasteiger partial charge in [-0.1, -0.05) is 35.9 Å². The molecule has 4 rings (SSSR count). The second kappa shape index (κ2) is 12.1. The van der Waals surface area contributed by atoms with Crippen LogP contribution >= 0.6 is 39.3 Å². The summed E-state index contributed by atoms with van der Waals surface area (Å²) in [6.07, 6.45) is 1.59. The Morgan fingerprint density at radius 2 is 1.87 bits per heavy atom. The second-order valence-corrected chi connectivity index (χ2v) is 10.8. The Balaban J connectivity index is 1.47. The number of anilines is 1. The van der Waals surface area contributed by atoms with Gasteiger partial charge in [-0.3, -0.25) is 19.3 Å². The van der Waals surface area contributed by atoms with Gasteiger partial charge in [0.25, 0.3) is 11.1 Å². The Morgan fingerprint density at radius 1 is 1.13 bits per heavy atom. The molecule has 3 aromatic rings. The third kappa shape index (κ3) is 6.40. The first-order valence-corrected chi connectivity index (χ1v) is 13.5. The highest BCUT2D eigenvalue weighted by Crippen LogP contribution is 2.39. The quantitative estimate of drug-likeness (QED) is 0.275. The predicted molar refractivity (Wildman–Crippen MR) is 154 cm³/mol. The molecule has 3 aromatic carbocycles. The normalized spacial score (nSPS) is 14.2. The van der Waals surface area contributed by atoms with Gasteiger partial charge in [0.2, 0.25) is 5.91 Å². The van der Waals surface area contributed by atoms with Crippen LogP contribution in [-0.4, -0.2) is 35.6 Å². The van der Waals surface area contributed by atoms with Crippen LogP contribution in [0.1, 0.15) is 22.3 Å². The van der Waals surface area contributed by atoms with Crippen molar-refractivity contribution < 1.29 is 23.9 Å². The highest BCUT2D eigenvalue weighted by Gasteiger charge is 2.36. The van der Waals surface area contributed by atoms with Gasteiger partial charge in [0.1, 0.15) is 13.2 Å². The van der Waals surface area contributed by atoms with Gasteiger partial charge in [-0.25, -0.2) is 0 Å². The van der Waals surface area contributed by atoms with Crippen LogP contribution in [0.4, 0.5) is 10.5 Å². The molecule has 0 saturated carbocycles. The number of nitrogens with zero attached hydrogens (tertiary/aromatic N) is 1. The van der Waals surface area contributed by atoms with Crippen LogP contribution in [0.2, 0.25) is 5.02 Å². The lowest BCUT2D eigenvalue weighted by molar-refractivity contribution is -0.127. The van der Waals surface area contributed by atoms with Crippen molar-refractivity contribution in [2.24, 2.45) is 0 Å². The van der Waals surface area contributed by atoms with E-state index in [1.54, 1.807) is 36.4 Å². The van der Waals surface area contributed by atoms with E-state index in [1.807, 2.05) is 38.1 Å². The van der Waals surface area contributed by atoms with Crippen molar-refractivity contribution in [2.75, 3.05) is 19.0 Å². The Hall–Kier alpha value is -3.27. The summed E-state index contributed by atoms with van der Waals surface area (Å²) in [5, 5.41) is 2.92. The average molecular weight is 616 g/mol. The molecule has 0 unspecified atom stereocenters. The lowest BCUT2D eigenvalue weighted by Crippen LogP contribution is -2.36. The van der Waals surface area contributed by atoms with Crippen LogP contribution in [-0.2, 0) is 16.2 Å². The first-order valence-electron chi connectivity index (χ1n) is 11.5. The molecule has 0 aromatic heterocycles. The molecule has 3 amide bonds. The average Bonchev–Trinajstić information content (AvgIpc) is 3.14. The summed E-state index contributed by atoms with van der Waals surface area (Å²) in [6.45, 7) is 3.76. The van der Waals surface area contributed by atoms with Gasteiger partial charge in [-0.2, -0.15) is 0 Å². The topological polar surface area (TPSA) is 84.9 Å². The van der Waals surface area contributed by atoms with Crippen molar-refractivity contribution in [3.05, 3.63) is 91.3 Å². The van der Waals surface area contributed by atoms with Crippen LogP contribution < -0.4 is 14.8 Å². The van der Waals surface area contributed by atoms with Crippen molar-refractivity contribution in [2.45, 2.75) is 20.5 Å². The maximum Gasteiger partial charge on any atom is 0.294 e. The first-order chi connectivity index (χ1) is 18.2. The minimum absolute atomic E-state index is 0.207. The fraction of sp³-hybridized carbons (Fsp3) is 0.179. The number of hydrogen-bond donors (Lipinski definition) is 1. The third-order valence-corrected chi connectivity index (χ3v) is 7.65. The van der Waals surface area contributed by atoms with Crippen molar-refractivity contribution in [1.29, 1.82) is 0 Å². The van der Waals surface area contributed by atoms with E-state index in [1.165, 1.54) is 7.11 Å². The summed E-state index contributed by atoms with van der Waals surface area (Å²) >= 11 is 10.2. The van der Waals surface area contributed by atoms with Gasteiger partial charge in [-0.15, -0.1) is 0 Å². The van der Waals surface area contributed by atoms with Crippen molar-refractivity contribution in [3.8, 4) is 11.5 Å². The van der Waals surface area contributed by atoms with Gasteiger partial charge in [0.05, 0.1) is 16.5 Å². The maximum absolute atomic E-state index is 13.0. The molecule has 38 heavy (non-hydrogen) atoms. The van der Waals surface area contributed by atoms with E-state index in [-0.39, 0.29) is 11.4 Å². The molecule has 10 heteroatoms. The number of hydrogen-bond acceptors (Lipinski definition) is 6.